The van der Waals surface area contributed by atoms with Crippen molar-refractivity contribution in [1.82, 2.24) is 10.2 Å². The summed E-state index contributed by atoms with van der Waals surface area (Å²) in [6.45, 7) is 2.53. The first kappa shape index (κ1) is 21.9. The number of likely N-dealkylation sites (tertiary alicyclic amines) is 1. The first-order chi connectivity index (χ1) is 15.4. The van der Waals surface area contributed by atoms with Crippen LogP contribution in [0, 0.1) is 0 Å². The Morgan fingerprint density at radius 3 is 2.34 bits per heavy atom. The number of nitrogens with one attached hydrogen (secondary N) is 1. The number of aliphatic carboxylic acids is 1. The van der Waals surface area contributed by atoms with Crippen molar-refractivity contribution in [2.75, 3.05) is 13.2 Å². The first-order valence-electron chi connectivity index (χ1n) is 11.1. The number of hydrogen-bond acceptors (Lipinski definition) is 4. The van der Waals surface area contributed by atoms with Crippen molar-refractivity contribution in [1.29, 1.82) is 0 Å². The van der Waals surface area contributed by atoms with Crippen LogP contribution in [-0.4, -0.2) is 53.2 Å². The van der Waals surface area contributed by atoms with E-state index in [1.807, 2.05) is 24.3 Å². The van der Waals surface area contributed by atoms with E-state index in [-0.39, 0.29) is 37.3 Å². The van der Waals surface area contributed by atoms with Gasteiger partial charge in [0.05, 0.1) is 6.42 Å². The molecule has 7 nitrogen and oxygen atoms in total. The zero-order valence-electron chi connectivity index (χ0n) is 18.1. The van der Waals surface area contributed by atoms with E-state index in [1.54, 1.807) is 11.8 Å². The fraction of sp³-hybridized carbons (Fsp3) is 0.400. The van der Waals surface area contributed by atoms with Gasteiger partial charge in [0.2, 0.25) is 5.91 Å². The number of alkyl carbamates (subject to hydrolysis) is 1. The molecule has 1 aliphatic heterocycles. The van der Waals surface area contributed by atoms with Crippen molar-refractivity contribution in [2.24, 2.45) is 0 Å². The van der Waals surface area contributed by atoms with Crippen molar-refractivity contribution in [3.05, 3.63) is 59.7 Å². The summed E-state index contributed by atoms with van der Waals surface area (Å²) in [5, 5.41) is 11.8. The molecule has 1 heterocycles. The third kappa shape index (κ3) is 4.61. The molecule has 0 unspecified atom stereocenters. The second-order valence-corrected chi connectivity index (χ2v) is 8.56. The number of carbonyl (C=O) groups is 3. The van der Waals surface area contributed by atoms with Gasteiger partial charge in [-0.1, -0.05) is 48.5 Å². The Morgan fingerprint density at radius 2 is 1.72 bits per heavy atom. The van der Waals surface area contributed by atoms with Gasteiger partial charge in [-0.05, 0) is 42.0 Å². The number of amides is 2. The van der Waals surface area contributed by atoms with Crippen LogP contribution in [0.4, 0.5) is 4.79 Å². The highest BCUT2D eigenvalue weighted by molar-refractivity contribution is 5.80. The van der Waals surface area contributed by atoms with Gasteiger partial charge in [-0.3, -0.25) is 9.59 Å². The highest BCUT2D eigenvalue weighted by atomic mass is 16.5. The molecule has 2 aliphatic rings. The Hall–Kier alpha value is -3.35. The maximum atomic E-state index is 12.6. The van der Waals surface area contributed by atoms with E-state index in [0.717, 1.165) is 28.7 Å². The molecular weight excluding hydrogens is 408 g/mol. The topological polar surface area (TPSA) is 95.9 Å². The fourth-order valence-electron chi connectivity index (χ4n) is 4.85. The lowest BCUT2D eigenvalue weighted by atomic mass is 9.98. The van der Waals surface area contributed by atoms with Crippen LogP contribution in [-0.2, 0) is 14.3 Å². The summed E-state index contributed by atoms with van der Waals surface area (Å²) in [6.07, 6.45) is 1.01. The summed E-state index contributed by atoms with van der Waals surface area (Å²) in [5.74, 6) is -1.06. The third-order valence-corrected chi connectivity index (χ3v) is 6.30. The molecule has 0 bridgehead atoms. The molecule has 32 heavy (non-hydrogen) atoms. The molecule has 1 aliphatic carbocycles. The summed E-state index contributed by atoms with van der Waals surface area (Å²) < 4.78 is 5.54. The van der Waals surface area contributed by atoms with Gasteiger partial charge >= 0.3 is 12.1 Å². The molecule has 0 spiro atoms. The molecule has 0 saturated carbocycles. The summed E-state index contributed by atoms with van der Waals surface area (Å²) in [5.41, 5.74) is 4.61. The number of carboxylic acid groups (broad SMARTS) is 1. The van der Waals surface area contributed by atoms with Gasteiger partial charge in [-0.15, -0.1) is 0 Å². The molecule has 0 radical (unpaired) electrons. The van der Waals surface area contributed by atoms with Crippen LogP contribution in [0.5, 0.6) is 0 Å². The molecule has 7 heteroatoms. The number of ether oxygens (including phenoxy) is 1. The molecule has 2 aromatic rings. The molecule has 2 atom stereocenters. The Labute approximate surface area is 187 Å². The number of hydrogen-bond donors (Lipinski definition) is 2. The minimum atomic E-state index is -0.903. The first-order valence-corrected chi connectivity index (χ1v) is 11.1. The number of rotatable bonds is 7. The lowest BCUT2D eigenvalue weighted by Crippen LogP contribution is -2.42. The predicted octanol–water partition coefficient (Wildman–Crippen LogP) is 3.77. The highest BCUT2D eigenvalue weighted by Gasteiger charge is 2.32. The van der Waals surface area contributed by atoms with Crippen molar-refractivity contribution >= 4 is 18.0 Å². The number of fused-ring (bicyclic) bond motifs is 3. The minimum Gasteiger partial charge on any atom is -0.481 e. The maximum absolute atomic E-state index is 12.6. The standard InChI is InChI=1S/C25H28N2O5/c1-16(13-23(28)27-12-6-7-17(27)14-24(29)30)26-25(31)32-15-22-20-10-4-2-8-18(20)19-9-3-5-11-21(19)22/h2-5,8-11,16-17,22H,6-7,12-15H2,1H3,(H,26,31)(H,29,30)/t16-,17-/m0/s1. The smallest absolute Gasteiger partial charge is 0.407 e. The van der Waals surface area contributed by atoms with Crippen LogP contribution >= 0.6 is 0 Å². The second kappa shape index (κ2) is 9.42. The lowest BCUT2D eigenvalue weighted by molar-refractivity contribution is -0.140. The fourth-order valence-corrected chi connectivity index (χ4v) is 4.85. The minimum absolute atomic E-state index is 0.0218. The maximum Gasteiger partial charge on any atom is 0.407 e. The van der Waals surface area contributed by atoms with Gasteiger partial charge in [-0.2, -0.15) is 0 Å². The molecule has 4 rings (SSSR count). The Balaban J connectivity index is 1.31. The molecule has 2 aromatic carbocycles. The Kier molecular flexibility index (Phi) is 6.44. The van der Waals surface area contributed by atoms with Crippen molar-refractivity contribution in [3.63, 3.8) is 0 Å². The number of carboxylic acids is 1. The lowest BCUT2D eigenvalue weighted by Gasteiger charge is -2.25. The van der Waals surface area contributed by atoms with E-state index in [9.17, 15) is 14.4 Å². The monoisotopic (exact) mass is 436 g/mol. The van der Waals surface area contributed by atoms with Crippen molar-refractivity contribution < 1.29 is 24.2 Å². The normalized spacial score (nSPS) is 18.0. The van der Waals surface area contributed by atoms with E-state index in [0.29, 0.717) is 13.0 Å². The number of benzene rings is 2. The van der Waals surface area contributed by atoms with Crippen LogP contribution in [0.25, 0.3) is 11.1 Å². The molecule has 1 fully saturated rings. The zero-order valence-corrected chi connectivity index (χ0v) is 18.1. The Morgan fingerprint density at radius 1 is 1.09 bits per heavy atom. The summed E-state index contributed by atoms with van der Waals surface area (Å²) in [6, 6.07) is 15.6. The van der Waals surface area contributed by atoms with Gasteiger partial charge in [0.25, 0.3) is 0 Å². The average molecular weight is 437 g/mol. The number of nitrogens with zero attached hydrogens (tertiary/aromatic N) is 1. The van der Waals surface area contributed by atoms with E-state index in [2.05, 4.69) is 29.6 Å². The second-order valence-electron chi connectivity index (χ2n) is 8.56. The van der Waals surface area contributed by atoms with E-state index >= 15 is 0 Å². The third-order valence-electron chi connectivity index (χ3n) is 6.30. The van der Waals surface area contributed by atoms with Gasteiger partial charge < -0.3 is 20.1 Å². The molecule has 168 valence electrons. The molecular formula is C25H28N2O5. The molecule has 2 N–H and O–H groups in total. The average Bonchev–Trinajstić information content (AvgIpc) is 3.34. The van der Waals surface area contributed by atoms with E-state index in [4.69, 9.17) is 9.84 Å². The number of carbonyl (C=O) groups excluding carboxylic acids is 2. The van der Waals surface area contributed by atoms with Crippen LogP contribution in [0.15, 0.2) is 48.5 Å². The van der Waals surface area contributed by atoms with E-state index < -0.39 is 18.1 Å². The van der Waals surface area contributed by atoms with Gasteiger partial charge in [-0.25, -0.2) is 4.79 Å². The SMILES string of the molecule is C[C@@H](CC(=O)N1CCC[C@H]1CC(=O)O)NC(=O)OCC1c2ccccc2-c2ccccc21. The summed E-state index contributed by atoms with van der Waals surface area (Å²) in [4.78, 5) is 37.7. The van der Waals surface area contributed by atoms with Gasteiger partial charge in [0.1, 0.15) is 6.61 Å². The van der Waals surface area contributed by atoms with Gasteiger partial charge in [0, 0.05) is 31.0 Å². The summed E-state index contributed by atoms with van der Waals surface area (Å²) in [7, 11) is 0. The van der Waals surface area contributed by atoms with Crippen LogP contribution in [0.3, 0.4) is 0 Å². The Bertz CT molecular complexity index is 975. The predicted molar refractivity (Wildman–Crippen MR) is 119 cm³/mol. The van der Waals surface area contributed by atoms with Crippen LogP contribution in [0.2, 0.25) is 0 Å². The van der Waals surface area contributed by atoms with Gasteiger partial charge in [0.15, 0.2) is 0 Å². The summed E-state index contributed by atoms with van der Waals surface area (Å²) >= 11 is 0. The highest BCUT2D eigenvalue weighted by Crippen LogP contribution is 2.44. The largest absolute Gasteiger partial charge is 0.481 e. The quantitative estimate of drug-likeness (QED) is 0.689. The van der Waals surface area contributed by atoms with Crippen LogP contribution < -0.4 is 5.32 Å². The molecule has 2 amide bonds. The van der Waals surface area contributed by atoms with Crippen molar-refractivity contribution in [3.8, 4) is 11.1 Å². The van der Waals surface area contributed by atoms with Crippen LogP contribution in [0.1, 0.15) is 49.7 Å². The molecule has 0 aromatic heterocycles. The van der Waals surface area contributed by atoms with Crippen molar-refractivity contribution in [2.45, 2.75) is 50.6 Å². The van der Waals surface area contributed by atoms with E-state index in [1.165, 1.54) is 0 Å². The zero-order chi connectivity index (χ0) is 22.7. The molecule has 1 saturated heterocycles.